The Hall–Kier alpha value is -3.35. The summed E-state index contributed by atoms with van der Waals surface area (Å²) in [6.45, 7) is 2.98. The summed E-state index contributed by atoms with van der Waals surface area (Å²) in [5.41, 5.74) is 2.64. The molecule has 0 fully saturated rings. The number of ether oxygens (including phenoxy) is 3. The molecule has 2 rings (SSSR count). The number of nitrogens with one attached hydrogen (secondary N) is 1. The Kier molecular flexibility index (Phi) is 7.14. The number of hydrogen-bond donors (Lipinski definition) is 1. The molecule has 148 valence electrons. The topological polar surface area (TPSA) is 90.9 Å². The Morgan fingerprint density at radius 2 is 1.61 bits per heavy atom. The average Bonchev–Trinajstić information content (AvgIpc) is 2.68. The third kappa shape index (κ3) is 5.57. The van der Waals surface area contributed by atoms with E-state index >= 15 is 0 Å². The molecule has 0 spiro atoms. The minimum absolute atomic E-state index is 0.273. The molecule has 1 N–H and O–H groups in total. The number of carbonyl (C=O) groups excluding carboxylic acids is 3. The van der Waals surface area contributed by atoms with Crippen molar-refractivity contribution in [1.29, 1.82) is 0 Å². The number of amides is 1. The predicted octanol–water partition coefficient (Wildman–Crippen LogP) is 2.48. The Bertz CT molecular complexity index is 870. The Morgan fingerprint density at radius 3 is 2.21 bits per heavy atom. The first kappa shape index (κ1) is 21.0. The molecular formula is C21H23NO6. The van der Waals surface area contributed by atoms with Gasteiger partial charge in [-0.2, -0.15) is 0 Å². The zero-order valence-corrected chi connectivity index (χ0v) is 16.3. The quantitative estimate of drug-likeness (QED) is 0.555. The summed E-state index contributed by atoms with van der Waals surface area (Å²) >= 11 is 0. The van der Waals surface area contributed by atoms with Gasteiger partial charge in [-0.05, 0) is 38.1 Å². The van der Waals surface area contributed by atoms with E-state index in [2.05, 4.69) is 5.32 Å². The van der Waals surface area contributed by atoms with Crippen LogP contribution in [0, 0.1) is 13.8 Å². The number of carbonyl (C=O) groups is 3. The van der Waals surface area contributed by atoms with Crippen LogP contribution in [0.3, 0.4) is 0 Å². The number of methoxy groups -OCH3 is 2. The maximum atomic E-state index is 12.3. The zero-order chi connectivity index (χ0) is 20.7. The number of ketones is 1. The number of hydrogen-bond acceptors (Lipinski definition) is 6. The van der Waals surface area contributed by atoms with Crippen molar-refractivity contribution in [1.82, 2.24) is 5.32 Å². The highest BCUT2D eigenvalue weighted by Crippen LogP contribution is 2.24. The Labute approximate surface area is 163 Å². The highest BCUT2D eigenvalue weighted by atomic mass is 16.5. The molecule has 0 radical (unpaired) electrons. The first-order valence-corrected chi connectivity index (χ1v) is 8.61. The number of rotatable bonds is 8. The normalized spacial score (nSPS) is 10.1. The molecule has 0 bridgehead atoms. The molecule has 0 aliphatic rings. The molecule has 1 amide bonds. The van der Waals surface area contributed by atoms with Crippen LogP contribution in [0.15, 0.2) is 36.4 Å². The van der Waals surface area contributed by atoms with Crippen LogP contribution in [0.1, 0.15) is 31.8 Å². The van der Waals surface area contributed by atoms with E-state index < -0.39 is 18.4 Å². The van der Waals surface area contributed by atoms with Gasteiger partial charge in [0.2, 0.25) is 5.78 Å². The van der Waals surface area contributed by atoms with Gasteiger partial charge in [-0.3, -0.25) is 14.4 Å². The second-order valence-corrected chi connectivity index (χ2v) is 6.21. The first-order valence-electron chi connectivity index (χ1n) is 8.61. The standard InChI is InChI=1S/C21H23NO6/c1-13-7-14(2)9-15(8-13)21(25)22-11-20(24)28-12-18(23)17-6-5-16(26-3)10-19(17)27-4/h5-10H,11-12H2,1-4H3,(H,22,25). The van der Waals surface area contributed by atoms with E-state index in [9.17, 15) is 14.4 Å². The molecule has 0 aliphatic carbocycles. The molecule has 0 heterocycles. The predicted molar refractivity (Wildman–Crippen MR) is 103 cm³/mol. The SMILES string of the molecule is COc1ccc(C(=O)COC(=O)CNC(=O)c2cc(C)cc(C)c2)c(OC)c1. The van der Waals surface area contributed by atoms with Gasteiger partial charge in [-0.15, -0.1) is 0 Å². The molecule has 0 aliphatic heterocycles. The number of aryl methyl sites for hydroxylation is 2. The maximum Gasteiger partial charge on any atom is 0.325 e. The lowest BCUT2D eigenvalue weighted by molar-refractivity contribution is -0.141. The van der Waals surface area contributed by atoms with Crippen LogP contribution in [0.4, 0.5) is 0 Å². The van der Waals surface area contributed by atoms with E-state index in [1.54, 1.807) is 24.3 Å². The van der Waals surface area contributed by atoms with E-state index in [0.717, 1.165) is 11.1 Å². The summed E-state index contributed by atoms with van der Waals surface area (Å²) in [6, 6.07) is 10.1. The number of esters is 1. The molecule has 0 unspecified atom stereocenters. The molecule has 7 heteroatoms. The van der Waals surface area contributed by atoms with Crippen LogP contribution in [0.25, 0.3) is 0 Å². The Balaban J connectivity index is 1.88. The third-order valence-electron chi connectivity index (χ3n) is 3.95. The van der Waals surface area contributed by atoms with Gasteiger partial charge in [0.1, 0.15) is 18.0 Å². The van der Waals surface area contributed by atoms with Crippen LogP contribution in [-0.4, -0.2) is 45.0 Å². The Morgan fingerprint density at radius 1 is 0.929 bits per heavy atom. The molecule has 0 saturated carbocycles. The van der Waals surface area contributed by atoms with Crippen molar-refractivity contribution >= 4 is 17.7 Å². The summed E-state index contributed by atoms with van der Waals surface area (Å²) in [7, 11) is 2.94. The van der Waals surface area contributed by atoms with Gasteiger partial charge in [0.05, 0.1) is 19.8 Å². The van der Waals surface area contributed by atoms with E-state index in [0.29, 0.717) is 17.1 Å². The summed E-state index contributed by atoms with van der Waals surface area (Å²) < 4.78 is 15.2. The molecule has 7 nitrogen and oxygen atoms in total. The van der Waals surface area contributed by atoms with Crippen LogP contribution >= 0.6 is 0 Å². The van der Waals surface area contributed by atoms with E-state index in [-0.39, 0.29) is 18.0 Å². The van der Waals surface area contributed by atoms with Crippen LogP contribution in [0.2, 0.25) is 0 Å². The summed E-state index contributed by atoms with van der Waals surface area (Å²) in [5, 5.41) is 2.49. The van der Waals surface area contributed by atoms with Gasteiger partial charge in [0, 0.05) is 11.6 Å². The first-order chi connectivity index (χ1) is 13.3. The second kappa shape index (κ2) is 9.55. The van der Waals surface area contributed by atoms with Gasteiger partial charge in [0.15, 0.2) is 6.61 Å². The average molecular weight is 385 g/mol. The summed E-state index contributed by atoms with van der Waals surface area (Å²) in [5.74, 6) is -0.651. The minimum Gasteiger partial charge on any atom is -0.497 e. The van der Waals surface area contributed by atoms with Crippen molar-refractivity contribution in [2.75, 3.05) is 27.4 Å². The molecule has 0 saturated heterocycles. The highest BCUT2D eigenvalue weighted by Gasteiger charge is 2.16. The fourth-order valence-corrected chi connectivity index (χ4v) is 2.66. The lowest BCUT2D eigenvalue weighted by Gasteiger charge is -2.10. The van der Waals surface area contributed by atoms with E-state index in [4.69, 9.17) is 14.2 Å². The van der Waals surface area contributed by atoms with Crippen LogP contribution in [-0.2, 0) is 9.53 Å². The van der Waals surface area contributed by atoms with Crippen molar-refractivity contribution in [2.24, 2.45) is 0 Å². The van der Waals surface area contributed by atoms with Gasteiger partial charge in [-0.25, -0.2) is 0 Å². The summed E-state index contributed by atoms with van der Waals surface area (Å²) in [6.07, 6.45) is 0. The van der Waals surface area contributed by atoms with Crippen LogP contribution < -0.4 is 14.8 Å². The van der Waals surface area contributed by atoms with Gasteiger partial charge >= 0.3 is 5.97 Å². The van der Waals surface area contributed by atoms with Crippen molar-refractivity contribution < 1.29 is 28.6 Å². The highest BCUT2D eigenvalue weighted by molar-refractivity contribution is 6.01. The minimum atomic E-state index is -0.710. The number of benzene rings is 2. The lowest BCUT2D eigenvalue weighted by Crippen LogP contribution is -2.31. The van der Waals surface area contributed by atoms with Gasteiger partial charge < -0.3 is 19.5 Å². The zero-order valence-electron chi connectivity index (χ0n) is 16.3. The molecule has 0 aromatic heterocycles. The lowest BCUT2D eigenvalue weighted by atomic mass is 10.1. The van der Waals surface area contributed by atoms with Crippen molar-refractivity contribution in [2.45, 2.75) is 13.8 Å². The molecule has 0 atom stereocenters. The smallest absolute Gasteiger partial charge is 0.325 e. The van der Waals surface area contributed by atoms with Gasteiger partial charge in [0.25, 0.3) is 5.91 Å². The van der Waals surface area contributed by atoms with E-state index in [1.807, 2.05) is 19.9 Å². The third-order valence-corrected chi connectivity index (χ3v) is 3.95. The van der Waals surface area contributed by atoms with Gasteiger partial charge in [-0.1, -0.05) is 17.2 Å². The molecule has 2 aromatic rings. The fourth-order valence-electron chi connectivity index (χ4n) is 2.66. The van der Waals surface area contributed by atoms with Crippen LogP contribution in [0.5, 0.6) is 11.5 Å². The second-order valence-electron chi connectivity index (χ2n) is 6.21. The largest absolute Gasteiger partial charge is 0.497 e. The van der Waals surface area contributed by atoms with E-state index in [1.165, 1.54) is 20.3 Å². The van der Waals surface area contributed by atoms with Crippen molar-refractivity contribution in [3.8, 4) is 11.5 Å². The monoisotopic (exact) mass is 385 g/mol. The molecule has 28 heavy (non-hydrogen) atoms. The summed E-state index contributed by atoms with van der Waals surface area (Å²) in [4.78, 5) is 36.3. The molecule has 2 aromatic carbocycles. The van der Waals surface area contributed by atoms with Crippen molar-refractivity contribution in [3.63, 3.8) is 0 Å². The fraction of sp³-hybridized carbons (Fsp3) is 0.286. The van der Waals surface area contributed by atoms with Crippen molar-refractivity contribution in [3.05, 3.63) is 58.7 Å². The number of Topliss-reactive ketones (excluding diaryl/α,β-unsaturated/α-hetero) is 1. The molecular weight excluding hydrogens is 362 g/mol. The maximum absolute atomic E-state index is 12.3.